The van der Waals surface area contributed by atoms with Gasteiger partial charge in [0.25, 0.3) is 5.91 Å². The van der Waals surface area contributed by atoms with Gasteiger partial charge in [0.2, 0.25) is 0 Å². The van der Waals surface area contributed by atoms with Gasteiger partial charge in [0, 0.05) is 11.3 Å². The fraction of sp³-hybridized carbons (Fsp3) is 0.188. The van der Waals surface area contributed by atoms with Crippen LogP contribution in [0.2, 0.25) is 5.02 Å². The summed E-state index contributed by atoms with van der Waals surface area (Å²) in [7, 11) is 4.55. The lowest BCUT2D eigenvalue weighted by Crippen LogP contribution is -2.12. The Morgan fingerprint density at radius 2 is 1.68 bits per heavy atom. The quantitative estimate of drug-likeness (QED) is 0.914. The number of halogens is 1. The summed E-state index contributed by atoms with van der Waals surface area (Å²) in [6.45, 7) is 0. The fourth-order valence-electron chi connectivity index (χ4n) is 1.93. The first-order valence-corrected chi connectivity index (χ1v) is 6.83. The first-order chi connectivity index (χ1) is 10.6. The van der Waals surface area contributed by atoms with Crippen LogP contribution in [0.25, 0.3) is 0 Å². The van der Waals surface area contributed by atoms with Crippen LogP contribution in [0.4, 0.5) is 5.69 Å². The minimum absolute atomic E-state index is 0.298. The number of methoxy groups -OCH3 is 3. The van der Waals surface area contributed by atoms with Crippen molar-refractivity contribution in [1.29, 1.82) is 0 Å². The number of hydrogen-bond donors (Lipinski definition) is 1. The van der Waals surface area contributed by atoms with Crippen LogP contribution < -0.4 is 19.5 Å². The molecular formula is C16H16ClNO4. The third-order valence-electron chi connectivity index (χ3n) is 3.04. The Morgan fingerprint density at radius 1 is 1.00 bits per heavy atom. The third-order valence-corrected chi connectivity index (χ3v) is 3.32. The van der Waals surface area contributed by atoms with E-state index < -0.39 is 0 Å². The molecule has 0 fully saturated rings. The largest absolute Gasteiger partial charge is 0.497 e. The summed E-state index contributed by atoms with van der Waals surface area (Å²) < 4.78 is 15.4. The lowest BCUT2D eigenvalue weighted by Gasteiger charge is -2.12. The van der Waals surface area contributed by atoms with Crippen molar-refractivity contribution in [1.82, 2.24) is 0 Å². The summed E-state index contributed by atoms with van der Waals surface area (Å²) in [6, 6.07) is 10.1. The molecule has 6 heteroatoms. The van der Waals surface area contributed by atoms with Crippen LogP contribution in [-0.2, 0) is 0 Å². The number of nitrogens with one attached hydrogen (secondary N) is 1. The van der Waals surface area contributed by atoms with Crippen LogP contribution in [0.5, 0.6) is 17.2 Å². The van der Waals surface area contributed by atoms with Crippen molar-refractivity contribution < 1.29 is 19.0 Å². The molecule has 0 radical (unpaired) electrons. The highest BCUT2D eigenvalue weighted by molar-refractivity contribution is 6.32. The maximum atomic E-state index is 12.3. The van der Waals surface area contributed by atoms with Crippen molar-refractivity contribution in [2.75, 3.05) is 26.6 Å². The third kappa shape index (κ3) is 3.43. The molecule has 0 aromatic heterocycles. The van der Waals surface area contributed by atoms with Gasteiger partial charge in [0.15, 0.2) is 11.5 Å². The van der Waals surface area contributed by atoms with E-state index in [0.29, 0.717) is 33.5 Å². The average Bonchev–Trinajstić information content (AvgIpc) is 2.54. The predicted molar refractivity (Wildman–Crippen MR) is 85.5 cm³/mol. The van der Waals surface area contributed by atoms with Crippen LogP contribution >= 0.6 is 11.6 Å². The molecule has 2 rings (SSSR count). The molecule has 0 aliphatic rings. The van der Waals surface area contributed by atoms with E-state index in [1.807, 2.05) is 0 Å². The molecule has 0 aliphatic carbocycles. The number of benzene rings is 2. The predicted octanol–water partition coefficient (Wildman–Crippen LogP) is 3.62. The molecule has 0 bridgehead atoms. The summed E-state index contributed by atoms with van der Waals surface area (Å²) in [6.07, 6.45) is 0. The number of amides is 1. The van der Waals surface area contributed by atoms with Gasteiger partial charge in [-0.15, -0.1) is 0 Å². The van der Waals surface area contributed by atoms with Gasteiger partial charge in [-0.25, -0.2) is 0 Å². The van der Waals surface area contributed by atoms with Gasteiger partial charge < -0.3 is 19.5 Å². The molecule has 1 amide bonds. The Hall–Kier alpha value is -2.40. The molecule has 22 heavy (non-hydrogen) atoms. The Morgan fingerprint density at radius 3 is 2.23 bits per heavy atom. The number of carbonyl (C=O) groups is 1. The molecule has 1 N–H and O–H groups in total. The number of hydrogen-bond acceptors (Lipinski definition) is 4. The lowest BCUT2D eigenvalue weighted by atomic mass is 10.1. The smallest absolute Gasteiger partial charge is 0.255 e. The zero-order valence-corrected chi connectivity index (χ0v) is 13.2. The minimum atomic E-state index is -0.298. The second kappa shape index (κ2) is 7.04. The minimum Gasteiger partial charge on any atom is -0.497 e. The van der Waals surface area contributed by atoms with Crippen molar-refractivity contribution in [3.63, 3.8) is 0 Å². The highest BCUT2D eigenvalue weighted by atomic mass is 35.5. The van der Waals surface area contributed by atoms with Gasteiger partial charge in [-0.3, -0.25) is 4.79 Å². The highest BCUT2D eigenvalue weighted by Gasteiger charge is 2.15. The first-order valence-electron chi connectivity index (χ1n) is 6.46. The zero-order valence-electron chi connectivity index (χ0n) is 12.5. The molecule has 5 nitrogen and oxygen atoms in total. The molecule has 0 saturated heterocycles. The Balaban J connectivity index is 2.23. The maximum absolute atomic E-state index is 12.3. The standard InChI is InChI=1S/C16H16ClNO4/c1-20-12-6-4-11(5-7-12)18-16(19)10-8-13(17)15(22-3)14(9-10)21-2/h4-9H,1-3H3,(H,18,19). The number of rotatable bonds is 5. The van der Waals surface area contributed by atoms with Gasteiger partial charge in [0.1, 0.15) is 5.75 Å². The van der Waals surface area contributed by atoms with Crippen LogP contribution in [0, 0.1) is 0 Å². The van der Waals surface area contributed by atoms with Crippen LogP contribution in [0.3, 0.4) is 0 Å². The summed E-state index contributed by atoms with van der Waals surface area (Å²) in [4.78, 5) is 12.3. The second-order valence-electron chi connectivity index (χ2n) is 4.38. The molecule has 116 valence electrons. The van der Waals surface area contributed by atoms with E-state index in [2.05, 4.69) is 5.32 Å². The SMILES string of the molecule is COc1ccc(NC(=O)c2cc(Cl)c(OC)c(OC)c2)cc1. The van der Waals surface area contributed by atoms with Gasteiger partial charge >= 0.3 is 0 Å². The summed E-state index contributed by atoms with van der Waals surface area (Å²) in [5.74, 6) is 1.21. The zero-order chi connectivity index (χ0) is 16.1. The van der Waals surface area contributed by atoms with Crippen LogP contribution in [-0.4, -0.2) is 27.2 Å². The second-order valence-corrected chi connectivity index (χ2v) is 4.78. The Labute approximate surface area is 133 Å². The van der Waals surface area contributed by atoms with Crippen LogP contribution in [0.1, 0.15) is 10.4 Å². The molecule has 0 heterocycles. The molecule has 2 aromatic rings. The number of anilines is 1. The summed E-state index contributed by atoms with van der Waals surface area (Å²) in [5, 5.41) is 3.08. The fourth-order valence-corrected chi connectivity index (χ4v) is 2.21. The van der Waals surface area contributed by atoms with Gasteiger partial charge in [-0.2, -0.15) is 0 Å². The Kier molecular flexibility index (Phi) is 5.12. The molecule has 0 unspecified atom stereocenters. The lowest BCUT2D eigenvalue weighted by molar-refractivity contribution is 0.102. The van der Waals surface area contributed by atoms with E-state index in [1.165, 1.54) is 20.3 Å². The van der Waals surface area contributed by atoms with Crippen LogP contribution in [0.15, 0.2) is 36.4 Å². The monoisotopic (exact) mass is 321 g/mol. The first kappa shape index (κ1) is 16.0. The molecule has 0 aliphatic heterocycles. The van der Waals surface area contributed by atoms with Crippen molar-refractivity contribution in [2.24, 2.45) is 0 Å². The van der Waals surface area contributed by atoms with Crippen molar-refractivity contribution in [3.8, 4) is 17.2 Å². The normalized spacial score (nSPS) is 10.0. The summed E-state index contributed by atoms with van der Waals surface area (Å²) in [5.41, 5.74) is 1.02. The Bertz CT molecular complexity index is 671. The number of ether oxygens (including phenoxy) is 3. The van der Waals surface area contributed by atoms with E-state index in [-0.39, 0.29) is 5.91 Å². The van der Waals surface area contributed by atoms with Gasteiger partial charge in [0.05, 0.1) is 26.4 Å². The van der Waals surface area contributed by atoms with E-state index >= 15 is 0 Å². The molecular weight excluding hydrogens is 306 g/mol. The number of carbonyl (C=O) groups excluding carboxylic acids is 1. The van der Waals surface area contributed by atoms with Gasteiger partial charge in [-0.05, 0) is 36.4 Å². The molecule has 2 aromatic carbocycles. The van der Waals surface area contributed by atoms with Gasteiger partial charge in [-0.1, -0.05) is 11.6 Å². The van der Waals surface area contributed by atoms with E-state index in [4.69, 9.17) is 25.8 Å². The topological polar surface area (TPSA) is 56.8 Å². The highest BCUT2D eigenvalue weighted by Crippen LogP contribution is 2.36. The maximum Gasteiger partial charge on any atom is 0.255 e. The average molecular weight is 322 g/mol. The van der Waals surface area contributed by atoms with Crippen molar-refractivity contribution >= 4 is 23.2 Å². The summed E-state index contributed by atoms with van der Waals surface area (Å²) >= 11 is 6.10. The molecule has 0 spiro atoms. The molecule has 0 atom stereocenters. The van der Waals surface area contributed by atoms with E-state index in [9.17, 15) is 4.79 Å². The van der Waals surface area contributed by atoms with E-state index in [0.717, 1.165) is 0 Å². The van der Waals surface area contributed by atoms with Crippen molar-refractivity contribution in [2.45, 2.75) is 0 Å². The molecule has 0 saturated carbocycles. The van der Waals surface area contributed by atoms with Crippen molar-refractivity contribution in [3.05, 3.63) is 47.0 Å². The van der Waals surface area contributed by atoms with E-state index in [1.54, 1.807) is 37.4 Å².